The lowest BCUT2D eigenvalue weighted by molar-refractivity contribution is 0.122. The van der Waals surface area contributed by atoms with Gasteiger partial charge >= 0.3 is 0 Å². The number of ether oxygens (including phenoxy) is 1. The molecule has 0 aliphatic carbocycles. The van der Waals surface area contributed by atoms with Crippen LogP contribution in [0.25, 0.3) is 11.3 Å². The molecule has 4 aromatic rings. The molecule has 192 valence electrons. The summed E-state index contributed by atoms with van der Waals surface area (Å²) >= 11 is 0. The zero-order valence-corrected chi connectivity index (χ0v) is 20.9. The van der Waals surface area contributed by atoms with Crippen molar-refractivity contribution in [1.29, 1.82) is 0 Å². The Labute approximate surface area is 221 Å². The Morgan fingerprint density at radius 1 is 1.08 bits per heavy atom. The van der Waals surface area contributed by atoms with Gasteiger partial charge in [0.15, 0.2) is 5.84 Å². The fourth-order valence-electron chi connectivity index (χ4n) is 4.08. The second-order valence-electron chi connectivity index (χ2n) is 8.60. The first kappa shape index (κ1) is 24.7. The van der Waals surface area contributed by atoms with Crippen molar-refractivity contribution in [2.24, 2.45) is 10.8 Å². The first-order valence-electron chi connectivity index (χ1n) is 12.2. The van der Waals surface area contributed by atoms with Crippen molar-refractivity contribution in [3.8, 4) is 11.3 Å². The largest absolute Gasteiger partial charge is 0.399 e. The number of nitrogens with one attached hydrogen (secondary N) is 1. The average molecular weight is 508 g/mol. The van der Waals surface area contributed by atoms with Crippen molar-refractivity contribution in [2.75, 3.05) is 47.3 Å². The molecule has 1 aliphatic heterocycles. The standard InChI is InChI=1S/C28H29N9O/c1-2-37(35-27(30)20-4-3-10-31-19-20)24-7-5-23(6-8-24)33-28-32-11-9-26(34-28)21-16-22(29)18-25(17-21)36-12-14-38-15-13-36/h2-11,16-19H,1,12-15,29H2,(H2,30,35)(H,32,33,34). The van der Waals surface area contributed by atoms with Crippen LogP contribution >= 0.6 is 0 Å². The molecule has 1 saturated heterocycles. The van der Waals surface area contributed by atoms with E-state index >= 15 is 0 Å². The number of rotatable bonds is 8. The van der Waals surface area contributed by atoms with Crippen molar-refractivity contribution in [2.45, 2.75) is 0 Å². The molecule has 0 bridgehead atoms. The molecule has 2 aromatic carbocycles. The SMILES string of the molecule is C=CN(/N=C(\N)c1cccnc1)c1ccc(Nc2nccc(-c3cc(N)cc(N4CCOCC4)c3)n2)cc1. The van der Waals surface area contributed by atoms with Gasteiger partial charge in [-0.3, -0.25) is 4.98 Å². The number of anilines is 5. The molecule has 1 fully saturated rings. The van der Waals surface area contributed by atoms with Gasteiger partial charge in [-0.1, -0.05) is 6.58 Å². The van der Waals surface area contributed by atoms with E-state index in [1.807, 2.05) is 54.6 Å². The lowest BCUT2D eigenvalue weighted by Gasteiger charge is -2.29. The lowest BCUT2D eigenvalue weighted by Crippen LogP contribution is -2.36. The van der Waals surface area contributed by atoms with Gasteiger partial charge in [0.2, 0.25) is 5.95 Å². The summed E-state index contributed by atoms with van der Waals surface area (Å²) in [7, 11) is 0. The van der Waals surface area contributed by atoms with Crippen molar-refractivity contribution in [1.82, 2.24) is 15.0 Å². The van der Waals surface area contributed by atoms with E-state index in [0.29, 0.717) is 30.7 Å². The smallest absolute Gasteiger partial charge is 0.227 e. The number of nitrogens with zero attached hydrogens (tertiary/aromatic N) is 6. The van der Waals surface area contributed by atoms with Gasteiger partial charge in [0.25, 0.3) is 0 Å². The summed E-state index contributed by atoms with van der Waals surface area (Å²) in [5, 5.41) is 9.32. The minimum atomic E-state index is 0.337. The highest BCUT2D eigenvalue weighted by atomic mass is 16.5. The summed E-state index contributed by atoms with van der Waals surface area (Å²) in [4.78, 5) is 15.5. The first-order chi connectivity index (χ1) is 18.6. The molecule has 2 aromatic heterocycles. The van der Waals surface area contributed by atoms with E-state index in [1.165, 1.54) is 0 Å². The van der Waals surface area contributed by atoms with Gasteiger partial charge in [-0.05, 0) is 60.7 Å². The quantitative estimate of drug-likeness (QED) is 0.140. The summed E-state index contributed by atoms with van der Waals surface area (Å²) in [6, 6.07) is 19.2. The van der Waals surface area contributed by atoms with Crippen LogP contribution in [0.5, 0.6) is 0 Å². The van der Waals surface area contributed by atoms with Crippen LogP contribution in [0.1, 0.15) is 5.56 Å². The van der Waals surface area contributed by atoms with Gasteiger partial charge in [-0.25, -0.2) is 15.0 Å². The average Bonchev–Trinajstić information content (AvgIpc) is 2.97. The molecule has 0 atom stereocenters. The van der Waals surface area contributed by atoms with Crippen LogP contribution in [0.15, 0.2) is 97.1 Å². The third kappa shape index (κ3) is 5.88. The predicted molar refractivity (Wildman–Crippen MR) is 152 cm³/mol. The molecule has 10 heteroatoms. The molecular weight excluding hydrogens is 478 g/mol. The minimum absolute atomic E-state index is 0.337. The second kappa shape index (κ2) is 11.4. The van der Waals surface area contributed by atoms with Crippen LogP contribution in [0.2, 0.25) is 0 Å². The highest BCUT2D eigenvalue weighted by molar-refractivity contribution is 5.97. The molecule has 0 spiro atoms. The van der Waals surface area contributed by atoms with E-state index in [1.54, 1.807) is 29.8 Å². The normalized spacial score (nSPS) is 13.7. The van der Waals surface area contributed by atoms with Crippen LogP contribution in [-0.2, 0) is 4.74 Å². The van der Waals surface area contributed by atoms with Crippen molar-refractivity contribution in [3.63, 3.8) is 0 Å². The second-order valence-corrected chi connectivity index (χ2v) is 8.60. The number of aromatic nitrogens is 3. The number of amidine groups is 1. The van der Waals surface area contributed by atoms with Crippen molar-refractivity contribution < 1.29 is 4.74 Å². The molecule has 38 heavy (non-hydrogen) atoms. The summed E-state index contributed by atoms with van der Waals surface area (Å²) in [6.45, 7) is 6.93. The summed E-state index contributed by atoms with van der Waals surface area (Å²) in [5.74, 6) is 0.814. The highest BCUT2D eigenvalue weighted by Gasteiger charge is 2.14. The molecule has 0 radical (unpaired) electrons. The minimum Gasteiger partial charge on any atom is -0.399 e. The van der Waals surface area contributed by atoms with Gasteiger partial charge in [0.05, 0.1) is 24.6 Å². The van der Waals surface area contributed by atoms with Crippen LogP contribution in [0.4, 0.5) is 28.7 Å². The maximum atomic E-state index is 6.23. The zero-order valence-electron chi connectivity index (χ0n) is 20.9. The van der Waals surface area contributed by atoms with E-state index in [0.717, 1.165) is 47.0 Å². The van der Waals surface area contributed by atoms with Gasteiger partial charge in [-0.2, -0.15) is 5.10 Å². The number of hydrogen-bond donors (Lipinski definition) is 3. The maximum Gasteiger partial charge on any atom is 0.227 e. The molecule has 5 rings (SSSR count). The number of pyridine rings is 1. The van der Waals surface area contributed by atoms with Gasteiger partial charge < -0.3 is 26.4 Å². The van der Waals surface area contributed by atoms with Crippen LogP contribution in [0.3, 0.4) is 0 Å². The molecule has 5 N–H and O–H groups in total. The maximum absolute atomic E-state index is 6.23. The van der Waals surface area contributed by atoms with E-state index in [2.05, 4.69) is 37.9 Å². The van der Waals surface area contributed by atoms with Gasteiger partial charge in [-0.15, -0.1) is 0 Å². The Balaban J connectivity index is 1.32. The third-order valence-electron chi connectivity index (χ3n) is 6.00. The molecule has 3 heterocycles. The number of morpholine rings is 1. The fourth-order valence-corrected chi connectivity index (χ4v) is 4.08. The Morgan fingerprint density at radius 2 is 1.89 bits per heavy atom. The Hall–Kier alpha value is -4.96. The Morgan fingerprint density at radius 3 is 2.63 bits per heavy atom. The number of nitrogen functional groups attached to an aromatic ring is 1. The lowest BCUT2D eigenvalue weighted by atomic mass is 10.1. The highest BCUT2D eigenvalue weighted by Crippen LogP contribution is 2.28. The monoisotopic (exact) mass is 507 g/mol. The topological polar surface area (TPSA) is 131 Å². The summed E-state index contributed by atoms with van der Waals surface area (Å²) in [6.07, 6.45) is 6.67. The van der Waals surface area contributed by atoms with E-state index in [-0.39, 0.29) is 0 Å². The number of benzene rings is 2. The van der Waals surface area contributed by atoms with E-state index < -0.39 is 0 Å². The van der Waals surface area contributed by atoms with Crippen LogP contribution in [-0.4, -0.2) is 47.1 Å². The fraction of sp³-hybridized carbons (Fsp3) is 0.143. The molecular formula is C28H29N9O. The Kier molecular flexibility index (Phi) is 7.42. The third-order valence-corrected chi connectivity index (χ3v) is 6.00. The number of hydrazone groups is 1. The van der Waals surface area contributed by atoms with Gasteiger partial charge in [0, 0.05) is 66.1 Å². The zero-order chi connectivity index (χ0) is 26.3. The molecule has 0 amide bonds. The van der Waals surface area contributed by atoms with Gasteiger partial charge in [0.1, 0.15) is 0 Å². The first-order valence-corrected chi connectivity index (χ1v) is 12.2. The van der Waals surface area contributed by atoms with E-state index in [9.17, 15) is 0 Å². The van der Waals surface area contributed by atoms with Crippen molar-refractivity contribution >= 4 is 34.5 Å². The van der Waals surface area contributed by atoms with Crippen molar-refractivity contribution in [3.05, 3.63) is 97.6 Å². The summed E-state index contributed by atoms with van der Waals surface area (Å²) < 4.78 is 5.48. The molecule has 1 aliphatic rings. The molecule has 0 saturated carbocycles. The molecule has 10 nitrogen and oxygen atoms in total. The van der Waals surface area contributed by atoms with E-state index in [4.69, 9.17) is 21.2 Å². The van der Waals surface area contributed by atoms with Crippen LogP contribution in [0, 0.1) is 0 Å². The number of hydrogen-bond acceptors (Lipinski definition) is 9. The van der Waals surface area contributed by atoms with Crippen LogP contribution < -0.4 is 26.7 Å². The predicted octanol–water partition coefficient (Wildman–Crippen LogP) is 3.97. The Bertz CT molecular complexity index is 1420. The summed E-state index contributed by atoms with van der Waals surface area (Å²) in [5.41, 5.74) is 18.2. The molecule has 0 unspecified atom stereocenters. The number of nitrogens with two attached hydrogens (primary N) is 2.